The van der Waals surface area contributed by atoms with Gasteiger partial charge in [0, 0.05) is 33.2 Å². The van der Waals surface area contributed by atoms with Crippen LogP contribution < -0.4 is 5.32 Å². The van der Waals surface area contributed by atoms with Gasteiger partial charge in [-0.05, 0) is 50.6 Å². The van der Waals surface area contributed by atoms with Gasteiger partial charge in [-0.1, -0.05) is 12.8 Å². The van der Waals surface area contributed by atoms with Crippen molar-refractivity contribution in [2.24, 2.45) is 16.8 Å². The van der Waals surface area contributed by atoms with Gasteiger partial charge in [0.25, 0.3) is 0 Å². The number of fused-ring (bicyclic) bond motifs is 1. The average molecular weight is 406 g/mol. The number of rotatable bonds is 3. The molecule has 0 aromatic heterocycles. The second kappa shape index (κ2) is 8.56. The highest BCUT2D eigenvalue weighted by molar-refractivity contribution is 14.0. The highest BCUT2D eigenvalue weighted by atomic mass is 127. The molecule has 3 fully saturated rings. The molecule has 0 amide bonds. The maximum Gasteiger partial charge on any atom is 0.193 e. The summed E-state index contributed by atoms with van der Waals surface area (Å²) in [6.07, 6.45) is 8.51. The van der Waals surface area contributed by atoms with Gasteiger partial charge in [-0.15, -0.1) is 24.0 Å². The lowest BCUT2D eigenvalue weighted by Gasteiger charge is -2.23. The first-order chi connectivity index (χ1) is 9.86. The van der Waals surface area contributed by atoms with Gasteiger partial charge in [0.15, 0.2) is 5.96 Å². The predicted octanol–water partition coefficient (Wildman–Crippen LogP) is 2.40. The molecular formula is C16H31IN4. The minimum Gasteiger partial charge on any atom is -0.355 e. The van der Waals surface area contributed by atoms with Crippen molar-refractivity contribution in [2.45, 2.75) is 38.5 Å². The van der Waals surface area contributed by atoms with Crippen molar-refractivity contribution in [3.63, 3.8) is 0 Å². The molecule has 2 aliphatic heterocycles. The van der Waals surface area contributed by atoms with Crippen LogP contribution in [0.15, 0.2) is 4.99 Å². The number of guanidine groups is 1. The van der Waals surface area contributed by atoms with Crippen molar-refractivity contribution in [3.05, 3.63) is 0 Å². The summed E-state index contributed by atoms with van der Waals surface area (Å²) in [5, 5.41) is 3.58. The van der Waals surface area contributed by atoms with E-state index in [1.165, 1.54) is 71.2 Å². The Hall–Kier alpha value is -0.0400. The molecule has 4 nitrogen and oxygen atoms in total. The van der Waals surface area contributed by atoms with E-state index in [4.69, 9.17) is 0 Å². The summed E-state index contributed by atoms with van der Waals surface area (Å²) in [5.41, 5.74) is 0. The number of nitrogens with zero attached hydrogens (tertiary/aromatic N) is 3. The van der Waals surface area contributed by atoms with Crippen molar-refractivity contribution in [1.29, 1.82) is 0 Å². The summed E-state index contributed by atoms with van der Waals surface area (Å²) in [7, 11) is 1.93. The molecule has 5 heteroatoms. The molecule has 0 radical (unpaired) electrons. The third-order valence-corrected chi connectivity index (χ3v) is 5.40. The van der Waals surface area contributed by atoms with E-state index < -0.39 is 0 Å². The van der Waals surface area contributed by atoms with E-state index in [1.807, 2.05) is 7.05 Å². The summed E-state index contributed by atoms with van der Waals surface area (Å²) in [6, 6.07) is 0. The SMILES string of the molecule is CN=C(NCCN1CCCC1)N1CC2CCCCC2C1.I. The van der Waals surface area contributed by atoms with Gasteiger partial charge in [0.05, 0.1) is 0 Å². The molecule has 1 N–H and O–H groups in total. The molecule has 0 aromatic carbocycles. The lowest BCUT2D eigenvalue weighted by Crippen LogP contribution is -2.43. The standard InChI is InChI=1S/C16H30N4.HI/c1-17-16(18-8-11-19-9-4-5-10-19)20-12-14-6-2-3-7-15(14)13-20;/h14-15H,2-13H2,1H3,(H,17,18);1H. The van der Waals surface area contributed by atoms with Crippen molar-refractivity contribution in [3.8, 4) is 0 Å². The van der Waals surface area contributed by atoms with E-state index >= 15 is 0 Å². The number of likely N-dealkylation sites (tertiary alicyclic amines) is 2. The van der Waals surface area contributed by atoms with Crippen molar-refractivity contribution < 1.29 is 0 Å². The van der Waals surface area contributed by atoms with Gasteiger partial charge < -0.3 is 15.1 Å². The molecule has 2 atom stereocenters. The van der Waals surface area contributed by atoms with Crippen molar-refractivity contribution in [2.75, 3.05) is 46.3 Å². The van der Waals surface area contributed by atoms with E-state index in [-0.39, 0.29) is 24.0 Å². The van der Waals surface area contributed by atoms with Crippen LogP contribution in [0.2, 0.25) is 0 Å². The summed E-state index contributed by atoms with van der Waals surface area (Å²) in [4.78, 5) is 9.57. The van der Waals surface area contributed by atoms with E-state index in [2.05, 4.69) is 20.1 Å². The Balaban J connectivity index is 0.00000161. The summed E-state index contributed by atoms with van der Waals surface area (Å²) in [6.45, 7) is 7.24. The predicted molar refractivity (Wildman–Crippen MR) is 99.5 cm³/mol. The molecule has 3 rings (SSSR count). The second-order valence-electron chi connectivity index (χ2n) is 6.73. The number of aliphatic imine (C=N–C) groups is 1. The van der Waals surface area contributed by atoms with Gasteiger partial charge >= 0.3 is 0 Å². The molecule has 3 aliphatic rings. The van der Waals surface area contributed by atoms with Crippen LogP contribution >= 0.6 is 24.0 Å². The molecule has 1 aliphatic carbocycles. The zero-order chi connectivity index (χ0) is 13.8. The van der Waals surface area contributed by atoms with Crippen LogP contribution in [0.25, 0.3) is 0 Å². The summed E-state index contributed by atoms with van der Waals surface area (Å²) in [5.74, 6) is 3.00. The minimum absolute atomic E-state index is 0. The molecule has 1 saturated carbocycles. The fourth-order valence-electron chi connectivity index (χ4n) is 4.24. The number of halogens is 1. The Bertz CT molecular complexity index is 327. The fourth-order valence-corrected chi connectivity index (χ4v) is 4.24. The molecule has 0 spiro atoms. The third-order valence-electron chi connectivity index (χ3n) is 5.40. The average Bonchev–Trinajstić information content (AvgIpc) is 3.12. The van der Waals surface area contributed by atoms with E-state index in [0.717, 1.165) is 24.3 Å². The maximum atomic E-state index is 4.51. The first kappa shape index (κ1) is 17.3. The van der Waals surface area contributed by atoms with Crippen molar-refractivity contribution in [1.82, 2.24) is 15.1 Å². The van der Waals surface area contributed by atoms with Gasteiger partial charge in [-0.2, -0.15) is 0 Å². The zero-order valence-corrected chi connectivity index (χ0v) is 15.7. The second-order valence-corrected chi connectivity index (χ2v) is 6.73. The molecule has 2 heterocycles. The summed E-state index contributed by atoms with van der Waals surface area (Å²) < 4.78 is 0. The highest BCUT2D eigenvalue weighted by Crippen LogP contribution is 2.35. The van der Waals surface area contributed by atoms with Gasteiger partial charge in [-0.25, -0.2) is 0 Å². The monoisotopic (exact) mass is 406 g/mol. The lowest BCUT2D eigenvalue weighted by atomic mass is 9.82. The van der Waals surface area contributed by atoms with Crippen molar-refractivity contribution >= 4 is 29.9 Å². The van der Waals surface area contributed by atoms with Crippen LogP contribution in [-0.4, -0.2) is 62.1 Å². The fraction of sp³-hybridized carbons (Fsp3) is 0.938. The topological polar surface area (TPSA) is 30.9 Å². The van der Waals surface area contributed by atoms with E-state index in [9.17, 15) is 0 Å². The van der Waals surface area contributed by atoms with Crippen LogP contribution in [-0.2, 0) is 0 Å². The number of hydrogen-bond donors (Lipinski definition) is 1. The van der Waals surface area contributed by atoms with Crippen LogP contribution in [0.4, 0.5) is 0 Å². The number of hydrogen-bond acceptors (Lipinski definition) is 2. The first-order valence-electron chi connectivity index (χ1n) is 8.55. The van der Waals surface area contributed by atoms with Gasteiger partial charge in [-0.3, -0.25) is 4.99 Å². The quantitative estimate of drug-likeness (QED) is 0.444. The Morgan fingerprint density at radius 1 is 1.05 bits per heavy atom. The number of nitrogens with one attached hydrogen (secondary N) is 1. The van der Waals surface area contributed by atoms with Gasteiger partial charge in [0.1, 0.15) is 0 Å². The molecule has 0 aromatic rings. The first-order valence-corrected chi connectivity index (χ1v) is 8.55. The van der Waals surface area contributed by atoms with Crippen LogP contribution in [0, 0.1) is 11.8 Å². The normalized spacial score (nSPS) is 30.1. The molecule has 0 bridgehead atoms. The zero-order valence-electron chi connectivity index (χ0n) is 13.4. The molecule has 2 unspecified atom stereocenters. The van der Waals surface area contributed by atoms with Gasteiger partial charge in [0.2, 0.25) is 0 Å². The van der Waals surface area contributed by atoms with E-state index in [1.54, 1.807) is 0 Å². The Morgan fingerprint density at radius 2 is 1.67 bits per heavy atom. The Morgan fingerprint density at radius 3 is 2.24 bits per heavy atom. The Labute approximate surface area is 146 Å². The molecular weight excluding hydrogens is 375 g/mol. The summed E-state index contributed by atoms with van der Waals surface area (Å²) >= 11 is 0. The van der Waals surface area contributed by atoms with E-state index in [0.29, 0.717) is 0 Å². The Kier molecular flexibility index (Phi) is 7.05. The molecule has 2 saturated heterocycles. The maximum absolute atomic E-state index is 4.51. The lowest BCUT2D eigenvalue weighted by molar-refractivity contribution is 0.299. The van der Waals surface area contributed by atoms with Crippen LogP contribution in [0.5, 0.6) is 0 Å². The van der Waals surface area contributed by atoms with Crippen LogP contribution in [0.1, 0.15) is 38.5 Å². The largest absolute Gasteiger partial charge is 0.355 e. The third kappa shape index (κ3) is 4.47. The molecule has 21 heavy (non-hydrogen) atoms. The smallest absolute Gasteiger partial charge is 0.193 e. The minimum atomic E-state index is 0. The van der Waals surface area contributed by atoms with Crippen LogP contribution in [0.3, 0.4) is 0 Å². The molecule has 122 valence electrons. The highest BCUT2D eigenvalue weighted by Gasteiger charge is 2.35.